The Morgan fingerprint density at radius 1 is 1.11 bits per heavy atom. The van der Waals surface area contributed by atoms with Gasteiger partial charge in [-0.3, -0.25) is 4.79 Å². The fourth-order valence-electron chi connectivity index (χ4n) is 3.18. The highest BCUT2D eigenvalue weighted by molar-refractivity contribution is 5.91. The van der Waals surface area contributed by atoms with Gasteiger partial charge < -0.3 is 19.9 Å². The summed E-state index contributed by atoms with van der Waals surface area (Å²) < 4.78 is 10.7. The third-order valence-electron chi connectivity index (χ3n) is 4.78. The summed E-state index contributed by atoms with van der Waals surface area (Å²) in [7, 11) is 1.60. The molecule has 6 nitrogen and oxygen atoms in total. The molecule has 1 aliphatic carbocycles. The van der Waals surface area contributed by atoms with Crippen molar-refractivity contribution in [2.24, 2.45) is 0 Å². The van der Waals surface area contributed by atoms with Crippen LogP contribution in [0, 0.1) is 0 Å². The van der Waals surface area contributed by atoms with Crippen LogP contribution in [0.1, 0.15) is 30.7 Å². The Morgan fingerprint density at radius 2 is 1.78 bits per heavy atom. The Kier molecular flexibility index (Phi) is 5.64. The molecule has 0 aliphatic heterocycles. The number of methoxy groups -OCH3 is 1. The Morgan fingerprint density at radius 3 is 2.41 bits per heavy atom. The van der Waals surface area contributed by atoms with E-state index in [2.05, 4.69) is 5.32 Å². The first kappa shape index (κ1) is 18.8. The molecule has 27 heavy (non-hydrogen) atoms. The van der Waals surface area contributed by atoms with Gasteiger partial charge >= 0.3 is 5.97 Å². The molecule has 1 aliphatic rings. The summed E-state index contributed by atoms with van der Waals surface area (Å²) in [6.07, 6.45) is 1.14. The fraction of sp³-hybridized carbons (Fsp3) is 0.333. The minimum Gasteiger partial charge on any atom is -0.497 e. The lowest BCUT2D eigenvalue weighted by atomic mass is 10.1. The van der Waals surface area contributed by atoms with Crippen molar-refractivity contribution in [2.45, 2.75) is 30.7 Å². The zero-order valence-electron chi connectivity index (χ0n) is 15.2. The largest absolute Gasteiger partial charge is 0.497 e. The van der Waals surface area contributed by atoms with E-state index < -0.39 is 11.5 Å². The van der Waals surface area contributed by atoms with Crippen molar-refractivity contribution in [3.8, 4) is 11.5 Å². The van der Waals surface area contributed by atoms with Gasteiger partial charge in [-0.25, -0.2) is 4.79 Å². The molecule has 1 saturated carbocycles. The molecule has 3 rings (SSSR count). The third-order valence-corrected chi connectivity index (χ3v) is 4.78. The lowest BCUT2D eigenvalue weighted by Gasteiger charge is -2.15. The standard InChI is InChI=1S/C21H23NO5/c1-26-16-9-11-17(12-10-16)27-13-5-8-19(23)22-21(20(24)25)14-18(21)15-6-3-2-4-7-15/h2-4,6-7,9-12,18H,5,8,13-14H2,1H3,(H,22,23)(H,24,25). The first-order chi connectivity index (χ1) is 13.0. The second-order valence-electron chi connectivity index (χ2n) is 6.62. The number of rotatable bonds is 9. The van der Waals surface area contributed by atoms with Crippen molar-refractivity contribution >= 4 is 11.9 Å². The van der Waals surface area contributed by atoms with E-state index in [0.717, 1.165) is 11.3 Å². The van der Waals surface area contributed by atoms with E-state index in [4.69, 9.17) is 9.47 Å². The van der Waals surface area contributed by atoms with Crippen LogP contribution < -0.4 is 14.8 Å². The predicted octanol–water partition coefficient (Wildman–Crippen LogP) is 2.98. The molecule has 0 spiro atoms. The van der Waals surface area contributed by atoms with E-state index in [1.807, 2.05) is 30.3 Å². The van der Waals surface area contributed by atoms with Gasteiger partial charge in [0.05, 0.1) is 13.7 Å². The van der Waals surface area contributed by atoms with Crippen LogP contribution in [0.15, 0.2) is 54.6 Å². The van der Waals surface area contributed by atoms with Gasteiger partial charge in [0.15, 0.2) is 0 Å². The highest BCUT2D eigenvalue weighted by atomic mass is 16.5. The second-order valence-corrected chi connectivity index (χ2v) is 6.62. The number of ether oxygens (including phenoxy) is 2. The van der Waals surface area contributed by atoms with Gasteiger partial charge in [-0.05, 0) is 42.7 Å². The lowest BCUT2D eigenvalue weighted by molar-refractivity contribution is -0.143. The molecule has 2 aromatic carbocycles. The summed E-state index contributed by atoms with van der Waals surface area (Å²) in [6.45, 7) is 0.377. The maximum atomic E-state index is 12.2. The number of aliphatic carboxylic acids is 1. The van der Waals surface area contributed by atoms with Crippen molar-refractivity contribution in [1.82, 2.24) is 5.32 Å². The highest BCUT2D eigenvalue weighted by Gasteiger charge is 2.62. The number of carboxylic acids is 1. The van der Waals surface area contributed by atoms with Gasteiger partial charge in [0.2, 0.25) is 5.91 Å². The van der Waals surface area contributed by atoms with Crippen LogP contribution in [0.2, 0.25) is 0 Å². The smallest absolute Gasteiger partial charge is 0.330 e. The van der Waals surface area contributed by atoms with E-state index >= 15 is 0 Å². The molecule has 2 unspecified atom stereocenters. The van der Waals surface area contributed by atoms with Crippen molar-refractivity contribution in [1.29, 1.82) is 0 Å². The minimum atomic E-state index is -1.19. The maximum Gasteiger partial charge on any atom is 0.330 e. The van der Waals surface area contributed by atoms with Crippen LogP contribution in [0.4, 0.5) is 0 Å². The van der Waals surface area contributed by atoms with Crippen LogP contribution in [0.5, 0.6) is 11.5 Å². The van der Waals surface area contributed by atoms with Crippen LogP contribution in [-0.2, 0) is 9.59 Å². The number of carbonyl (C=O) groups excluding carboxylic acids is 1. The number of nitrogens with one attached hydrogen (secondary N) is 1. The van der Waals surface area contributed by atoms with Crippen molar-refractivity contribution < 1.29 is 24.2 Å². The summed E-state index contributed by atoms with van der Waals surface area (Å²) in [5, 5.41) is 12.3. The first-order valence-corrected chi connectivity index (χ1v) is 8.91. The summed E-state index contributed by atoms with van der Waals surface area (Å²) in [5.74, 6) is 0.00620. The van der Waals surface area contributed by atoms with Gasteiger partial charge in [-0.2, -0.15) is 0 Å². The van der Waals surface area contributed by atoms with Gasteiger partial charge in [-0.15, -0.1) is 0 Å². The number of benzene rings is 2. The molecule has 1 amide bonds. The number of hydrogen-bond acceptors (Lipinski definition) is 4. The van der Waals surface area contributed by atoms with E-state index in [1.54, 1.807) is 31.4 Å². The van der Waals surface area contributed by atoms with Gasteiger partial charge in [0.1, 0.15) is 17.0 Å². The summed E-state index contributed by atoms with van der Waals surface area (Å²) in [6, 6.07) is 16.6. The Balaban J connectivity index is 1.46. The average Bonchev–Trinajstić information content (AvgIpc) is 3.42. The Bertz CT molecular complexity index is 790. The zero-order chi connectivity index (χ0) is 19.3. The molecule has 0 bridgehead atoms. The van der Waals surface area contributed by atoms with Crippen LogP contribution in [0.3, 0.4) is 0 Å². The summed E-state index contributed by atoms with van der Waals surface area (Å²) in [5.41, 5.74) is -0.252. The van der Waals surface area contributed by atoms with Crippen molar-refractivity contribution in [3.05, 3.63) is 60.2 Å². The molecular formula is C21H23NO5. The molecule has 2 atom stereocenters. The highest BCUT2D eigenvalue weighted by Crippen LogP contribution is 2.51. The van der Waals surface area contributed by atoms with Crippen LogP contribution in [0.25, 0.3) is 0 Å². The van der Waals surface area contributed by atoms with Gasteiger partial charge in [0.25, 0.3) is 0 Å². The third kappa shape index (κ3) is 4.39. The molecule has 2 aromatic rings. The molecular weight excluding hydrogens is 346 g/mol. The molecule has 142 valence electrons. The normalized spacial score (nSPS) is 20.6. The predicted molar refractivity (Wildman–Crippen MR) is 100 cm³/mol. The van der Waals surface area contributed by atoms with E-state index in [1.165, 1.54) is 0 Å². The summed E-state index contributed by atoms with van der Waals surface area (Å²) in [4.78, 5) is 23.9. The Hall–Kier alpha value is -3.02. The monoisotopic (exact) mass is 369 g/mol. The second kappa shape index (κ2) is 8.12. The number of carbonyl (C=O) groups is 2. The number of amides is 1. The molecule has 0 radical (unpaired) electrons. The van der Waals surface area contributed by atoms with Crippen molar-refractivity contribution in [3.63, 3.8) is 0 Å². The number of carboxylic acid groups (broad SMARTS) is 1. The van der Waals surface area contributed by atoms with E-state index in [-0.39, 0.29) is 18.2 Å². The molecule has 1 fully saturated rings. The van der Waals surface area contributed by atoms with Crippen molar-refractivity contribution in [2.75, 3.05) is 13.7 Å². The van der Waals surface area contributed by atoms with Crippen LogP contribution >= 0.6 is 0 Å². The molecule has 0 heterocycles. The van der Waals surface area contributed by atoms with Gasteiger partial charge in [0, 0.05) is 12.3 Å². The lowest BCUT2D eigenvalue weighted by Crippen LogP contribution is -2.44. The summed E-state index contributed by atoms with van der Waals surface area (Å²) >= 11 is 0. The molecule has 6 heteroatoms. The maximum absolute atomic E-state index is 12.2. The van der Waals surface area contributed by atoms with Crippen LogP contribution in [-0.4, -0.2) is 36.2 Å². The average molecular weight is 369 g/mol. The Labute approximate surface area is 158 Å². The van der Waals surface area contributed by atoms with E-state index in [9.17, 15) is 14.7 Å². The molecule has 2 N–H and O–H groups in total. The quantitative estimate of drug-likeness (QED) is 0.664. The molecule has 0 aromatic heterocycles. The first-order valence-electron chi connectivity index (χ1n) is 8.91. The zero-order valence-corrected chi connectivity index (χ0v) is 15.2. The fourth-order valence-corrected chi connectivity index (χ4v) is 3.18. The minimum absolute atomic E-state index is 0.185. The topological polar surface area (TPSA) is 84.9 Å². The molecule has 0 saturated heterocycles. The SMILES string of the molecule is COc1ccc(OCCCC(=O)NC2(C(=O)O)CC2c2ccccc2)cc1. The van der Waals surface area contributed by atoms with Gasteiger partial charge in [-0.1, -0.05) is 30.3 Å². The number of hydrogen-bond donors (Lipinski definition) is 2. The van der Waals surface area contributed by atoms with E-state index in [0.29, 0.717) is 25.2 Å².